The van der Waals surface area contributed by atoms with Crippen molar-refractivity contribution in [3.63, 3.8) is 0 Å². The van der Waals surface area contributed by atoms with Gasteiger partial charge in [-0.3, -0.25) is 14.7 Å². The van der Waals surface area contributed by atoms with Gasteiger partial charge in [0.1, 0.15) is 0 Å². The first-order chi connectivity index (χ1) is 15.1. The number of nitrogens with zero attached hydrogens (tertiary/aromatic N) is 3. The Balaban J connectivity index is 1.41. The number of aromatic nitrogens is 2. The molecule has 1 amide bonds. The molecular weight excluding hydrogens is 384 g/mol. The number of pyridine rings is 1. The molecule has 1 aromatic carbocycles. The number of benzene rings is 1. The van der Waals surface area contributed by atoms with Crippen LogP contribution in [0.25, 0.3) is 0 Å². The minimum Gasteiger partial charge on any atom is -0.350 e. The summed E-state index contributed by atoms with van der Waals surface area (Å²) >= 11 is 0. The van der Waals surface area contributed by atoms with Gasteiger partial charge in [-0.15, -0.1) is 0 Å². The van der Waals surface area contributed by atoms with E-state index in [4.69, 9.17) is 0 Å². The summed E-state index contributed by atoms with van der Waals surface area (Å²) < 4.78 is 2.16. The summed E-state index contributed by atoms with van der Waals surface area (Å²) in [6.45, 7) is 9.62. The van der Waals surface area contributed by atoms with Crippen molar-refractivity contribution >= 4 is 5.91 Å². The number of carbonyl (C=O) groups excluding carboxylic acids is 1. The van der Waals surface area contributed by atoms with Gasteiger partial charge >= 0.3 is 0 Å². The van der Waals surface area contributed by atoms with Crippen molar-refractivity contribution in [2.75, 3.05) is 13.1 Å². The monoisotopic (exact) mass is 416 g/mol. The second-order valence-corrected chi connectivity index (χ2v) is 8.45. The predicted molar refractivity (Wildman–Crippen MR) is 124 cm³/mol. The van der Waals surface area contributed by atoms with Gasteiger partial charge in [0.25, 0.3) is 5.91 Å². The number of hydrogen-bond donors (Lipinski definition) is 1. The molecule has 0 fully saturated rings. The normalized spacial score (nSPS) is 14.8. The highest BCUT2D eigenvalue weighted by Gasteiger charge is 2.23. The fourth-order valence-corrected chi connectivity index (χ4v) is 4.59. The lowest BCUT2D eigenvalue weighted by Gasteiger charge is -2.35. The highest BCUT2D eigenvalue weighted by atomic mass is 16.1. The van der Waals surface area contributed by atoms with Crippen molar-refractivity contribution in [2.45, 2.75) is 52.7 Å². The van der Waals surface area contributed by atoms with Crippen molar-refractivity contribution < 1.29 is 4.79 Å². The van der Waals surface area contributed by atoms with Gasteiger partial charge < -0.3 is 9.88 Å². The summed E-state index contributed by atoms with van der Waals surface area (Å²) in [5, 5.41) is 3.21. The molecule has 0 saturated carbocycles. The Morgan fingerprint density at radius 3 is 2.65 bits per heavy atom. The first kappa shape index (κ1) is 21.3. The number of hydrogen-bond acceptors (Lipinski definition) is 3. The molecule has 3 aromatic rings. The molecule has 0 spiro atoms. The SMILES string of the molecule is CCC(CNC(=O)c1cc(C)n(Cc2ccccn2)c1C)N1CCc2ccccc2C1. The lowest BCUT2D eigenvalue weighted by atomic mass is 9.98. The molecule has 4 rings (SSSR count). The van der Waals surface area contributed by atoms with Crippen LogP contribution in [0.5, 0.6) is 0 Å². The first-order valence-corrected chi connectivity index (χ1v) is 11.2. The van der Waals surface area contributed by atoms with Crippen LogP contribution < -0.4 is 5.32 Å². The maximum Gasteiger partial charge on any atom is 0.253 e. The zero-order valence-corrected chi connectivity index (χ0v) is 18.8. The van der Waals surface area contributed by atoms with Gasteiger partial charge in [0, 0.05) is 43.3 Å². The van der Waals surface area contributed by atoms with Gasteiger partial charge in [-0.1, -0.05) is 37.3 Å². The Morgan fingerprint density at radius 1 is 1.13 bits per heavy atom. The molecule has 1 N–H and O–H groups in total. The van der Waals surface area contributed by atoms with E-state index in [1.165, 1.54) is 11.1 Å². The Hall–Kier alpha value is -2.92. The summed E-state index contributed by atoms with van der Waals surface area (Å²) in [6.07, 6.45) is 3.90. The third-order valence-corrected chi connectivity index (χ3v) is 6.51. The molecule has 5 nitrogen and oxygen atoms in total. The topological polar surface area (TPSA) is 50.2 Å². The third-order valence-electron chi connectivity index (χ3n) is 6.51. The van der Waals surface area contributed by atoms with Gasteiger partial charge in [0.15, 0.2) is 0 Å². The van der Waals surface area contributed by atoms with E-state index in [0.29, 0.717) is 19.1 Å². The Morgan fingerprint density at radius 2 is 1.90 bits per heavy atom. The van der Waals surface area contributed by atoms with E-state index in [0.717, 1.165) is 48.6 Å². The zero-order chi connectivity index (χ0) is 21.8. The molecule has 0 aliphatic carbocycles. The summed E-state index contributed by atoms with van der Waals surface area (Å²) in [7, 11) is 0. The van der Waals surface area contributed by atoms with Crippen LogP contribution in [0.1, 0.15) is 51.9 Å². The van der Waals surface area contributed by atoms with Crippen molar-refractivity contribution in [2.24, 2.45) is 0 Å². The Bertz CT molecular complexity index is 1040. The van der Waals surface area contributed by atoms with E-state index < -0.39 is 0 Å². The van der Waals surface area contributed by atoms with Crippen LogP contribution in [0.4, 0.5) is 0 Å². The minimum absolute atomic E-state index is 0.0104. The van der Waals surface area contributed by atoms with Gasteiger partial charge in [-0.25, -0.2) is 0 Å². The van der Waals surface area contributed by atoms with Gasteiger partial charge in [0.2, 0.25) is 0 Å². The molecule has 31 heavy (non-hydrogen) atoms. The minimum atomic E-state index is 0.0104. The summed E-state index contributed by atoms with van der Waals surface area (Å²) in [5.74, 6) is 0.0104. The van der Waals surface area contributed by atoms with Crippen LogP contribution in [-0.2, 0) is 19.5 Å². The predicted octanol–water partition coefficient (Wildman–Crippen LogP) is 4.11. The smallest absolute Gasteiger partial charge is 0.253 e. The molecular formula is C26H32N4O. The lowest BCUT2D eigenvalue weighted by Crippen LogP contribution is -2.45. The van der Waals surface area contributed by atoms with Crippen LogP contribution in [0, 0.1) is 13.8 Å². The highest BCUT2D eigenvalue weighted by molar-refractivity contribution is 5.95. The van der Waals surface area contributed by atoms with Crippen molar-refractivity contribution in [3.05, 3.63) is 88.5 Å². The van der Waals surface area contributed by atoms with Gasteiger partial charge in [-0.2, -0.15) is 0 Å². The summed E-state index contributed by atoms with van der Waals surface area (Å²) in [4.78, 5) is 20.0. The number of fused-ring (bicyclic) bond motifs is 1. The van der Waals surface area contributed by atoms with E-state index in [2.05, 4.69) is 51.0 Å². The van der Waals surface area contributed by atoms with E-state index >= 15 is 0 Å². The molecule has 162 valence electrons. The van der Waals surface area contributed by atoms with Gasteiger partial charge in [0.05, 0.1) is 17.8 Å². The average molecular weight is 417 g/mol. The number of amides is 1. The molecule has 1 unspecified atom stereocenters. The number of carbonyl (C=O) groups is 1. The standard InChI is InChI=1S/C26H32N4O/c1-4-24(29-14-12-21-9-5-6-10-22(21)17-29)16-28-26(31)25-15-19(2)30(20(25)3)18-23-11-7-8-13-27-23/h5-11,13,15,24H,4,12,14,16-18H2,1-3H3,(H,28,31). The Labute approximate surface area is 185 Å². The molecule has 3 heterocycles. The summed E-state index contributed by atoms with van der Waals surface area (Å²) in [5.41, 5.74) is 6.68. The van der Waals surface area contributed by atoms with Crippen molar-refractivity contribution in [1.82, 2.24) is 19.8 Å². The fourth-order valence-electron chi connectivity index (χ4n) is 4.59. The van der Waals surface area contributed by atoms with E-state index in [9.17, 15) is 4.79 Å². The van der Waals surface area contributed by atoms with E-state index in [-0.39, 0.29) is 5.91 Å². The maximum absolute atomic E-state index is 13.0. The second kappa shape index (κ2) is 9.48. The van der Waals surface area contributed by atoms with E-state index in [1.54, 1.807) is 6.20 Å². The molecule has 0 saturated heterocycles. The number of aryl methyl sites for hydroxylation is 1. The maximum atomic E-state index is 13.0. The second-order valence-electron chi connectivity index (χ2n) is 8.45. The largest absolute Gasteiger partial charge is 0.350 e. The van der Waals surface area contributed by atoms with E-state index in [1.807, 2.05) is 38.1 Å². The number of nitrogens with one attached hydrogen (secondary N) is 1. The van der Waals surface area contributed by atoms with Gasteiger partial charge in [-0.05, 0) is 56.0 Å². The lowest BCUT2D eigenvalue weighted by molar-refractivity contribution is 0.0925. The Kier molecular flexibility index (Phi) is 6.52. The average Bonchev–Trinajstić information content (AvgIpc) is 3.08. The quantitative estimate of drug-likeness (QED) is 0.630. The van der Waals surface area contributed by atoms with Crippen LogP contribution in [0.15, 0.2) is 54.7 Å². The number of rotatable bonds is 7. The molecule has 1 atom stereocenters. The molecule has 0 radical (unpaired) electrons. The molecule has 5 heteroatoms. The highest BCUT2D eigenvalue weighted by Crippen LogP contribution is 2.21. The third kappa shape index (κ3) is 4.72. The summed E-state index contributed by atoms with van der Waals surface area (Å²) in [6, 6.07) is 17.0. The fraction of sp³-hybridized carbons (Fsp3) is 0.385. The van der Waals surface area contributed by atoms with Crippen LogP contribution in [-0.4, -0.2) is 39.5 Å². The molecule has 2 aromatic heterocycles. The van der Waals surface area contributed by atoms with Crippen LogP contribution in [0.3, 0.4) is 0 Å². The van der Waals surface area contributed by atoms with Crippen LogP contribution in [0.2, 0.25) is 0 Å². The molecule has 1 aliphatic rings. The molecule has 0 bridgehead atoms. The van der Waals surface area contributed by atoms with Crippen molar-refractivity contribution in [1.29, 1.82) is 0 Å². The van der Waals surface area contributed by atoms with Crippen molar-refractivity contribution in [3.8, 4) is 0 Å². The zero-order valence-electron chi connectivity index (χ0n) is 18.8. The first-order valence-electron chi connectivity index (χ1n) is 11.2. The van der Waals surface area contributed by atoms with Crippen LogP contribution >= 0.6 is 0 Å². The molecule has 1 aliphatic heterocycles.